The molecule has 1 aromatic rings. The Morgan fingerprint density at radius 1 is 1.42 bits per heavy atom. The van der Waals surface area contributed by atoms with Gasteiger partial charge in [0.25, 0.3) is 0 Å². The van der Waals surface area contributed by atoms with Crippen molar-refractivity contribution in [1.82, 2.24) is 9.97 Å². The maximum absolute atomic E-state index is 11.1. The summed E-state index contributed by atoms with van der Waals surface area (Å²) in [5, 5.41) is 6.44. The summed E-state index contributed by atoms with van der Waals surface area (Å²) in [6.07, 6.45) is 5.00. The SMILES string of the molecule is CNc1cc(NC(C)CCS(C)=O)nc(C2CC2)n1. The summed E-state index contributed by atoms with van der Waals surface area (Å²) >= 11 is 0. The molecule has 1 aliphatic carbocycles. The van der Waals surface area contributed by atoms with Crippen molar-refractivity contribution in [3.05, 3.63) is 11.9 Å². The maximum atomic E-state index is 11.1. The first-order valence-corrected chi connectivity index (χ1v) is 8.44. The molecule has 2 unspecified atom stereocenters. The molecule has 0 saturated heterocycles. The van der Waals surface area contributed by atoms with E-state index in [2.05, 4.69) is 27.5 Å². The van der Waals surface area contributed by atoms with Crippen molar-refractivity contribution in [2.45, 2.75) is 38.1 Å². The van der Waals surface area contributed by atoms with E-state index in [4.69, 9.17) is 0 Å². The molecule has 106 valence electrons. The number of aromatic nitrogens is 2. The molecule has 0 aliphatic heterocycles. The zero-order chi connectivity index (χ0) is 13.8. The van der Waals surface area contributed by atoms with Gasteiger partial charge in [0.2, 0.25) is 0 Å². The lowest BCUT2D eigenvalue weighted by Gasteiger charge is -2.15. The van der Waals surface area contributed by atoms with Crippen LogP contribution in [0.15, 0.2) is 6.07 Å². The minimum atomic E-state index is -0.737. The van der Waals surface area contributed by atoms with Gasteiger partial charge in [-0.25, -0.2) is 9.97 Å². The molecule has 1 fully saturated rings. The van der Waals surface area contributed by atoms with Crippen molar-refractivity contribution < 1.29 is 4.21 Å². The second-order valence-corrected chi connectivity index (χ2v) is 6.69. The molecule has 0 aromatic carbocycles. The largest absolute Gasteiger partial charge is 0.373 e. The normalized spacial score (nSPS) is 17.8. The quantitative estimate of drug-likeness (QED) is 0.800. The lowest BCUT2D eigenvalue weighted by molar-refractivity contribution is 0.678. The Hall–Kier alpha value is -1.17. The molecule has 1 heterocycles. The van der Waals surface area contributed by atoms with Crippen molar-refractivity contribution in [3.8, 4) is 0 Å². The van der Waals surface area contributed by atoms with Crippen molar-refractivity contribution in [2.24, 2.45) is 0 Å². The Bertz CT molecular complexity index is 462. The van der Waals surface area contributed by atoms with Crippen LogP contribution in [0.3, 0.4) is 0 Å². The third-order valence-electron chi connectivity index (χ3n) is 3.17. The van der Waals surface area contributed by atoms with Gasteiger partial charge < -0.3 is 10.6 Å². The van der Waals surface area contributed by atoms with Gasteiger partial charge in [0.05, 0.1) is 0 Å². The number of anilines is 2. The Morgan fingerprint density at radius 3 is 2.68 bits per heavy atom. The minimum Gasteiger partial charge on any atom is -0.373 e. The van der Waals surface area contributed by atoms with E-state index in [0.29, 0.717) is 11.7 Å². The molecular formula is C13H22N4OS. The molecule has 19 heavy (non-hydrogen) atoms. The summed E-state index contributed by atoms with van der Waals surface area (Å²) in [6, 6.07) is 2.18. The van der Waals surface area contributed by atoms with Crippen molar-refractivity contribution in [2.75, 3.05) is 29.7 Å². The van der Waals surface area contributed by atoms with Crippen LogP contribution in [0.2, 0.25) is 0 Å². The van der Waals surface area contributed by atoms with E-state index in [9.17, 15) is 4.21 Å². The van der Waals surface area contributed by atoms with E-state index in [0.717, 1.165) is 23.9 Å². The van der Waals surface area contributed by atoms with E-state index in [1.807, 2.05) is 13.1 Å². The van der Waals surface area contributed by atoms with Gasteiger partial charge in [-0.15, -0.1) is 0 Å². The average molecular weight is 282 g/mol. The number of nitrogens with zero attached hydrogens (tertiary/aromatic N) is 2. The van der Waals surface area contributed by atoms with Crippen LogP contribution in [0.1, 0.15) is 37.9 Å². The molecule has 2 rings (SSSR count). The molecule has 1 aliphatic rings. The summed E-state index contributed by atoms with van der Waals surface area (Å²) in [5.41, 5.74) is 0. The van der Waals surface area contributed by atoms with Gasteiger partial charge in [-0.05, 0) is 26.2 Å². The van der Waals surface area contributed by atoms with Crippen molar-refractivity contribution >= 4 is 22.4 Å². The van der Waals surface area contributed by atoms with Crippen molar-refractivity contribution in [3.63, 3.8) is 0 Å². The van der Waals surface area contributed by atoms with Crippen LogP contribution in [0.5, 0.6) is 0 Å². The molecule has 2 N–H and O–H groups in total. The van der Waals surface area contributed by atoms with Gasteiger partial charge in [-0.3, -0.25) is 4.21 Å². The number of hydrogen-bond acceptors (Lipinski definition) is 5. The van der Waals surface area contributed by atoms with Crippen LogP contribution in [0.25, 0.3) is 0 Å². The second-order valence-electron chi connectivity index (χ2n) is 5.13. The molecule has 1 saturated carbocycles. The fourth-order valence-corrected chi connectivity index (χ4v) is 2.54. The molecule has 0 amide bonds. The van der Waals surface area contributed by atoms with Crippen molar-refractivity contribution in [1.29, 1.82) is 0 Å². The molecule has 1 aromatic heterocycles. The third kappa shape index (κ3) is 4.45. The topological polar surface area (TPSA) is 66.9 Å². The van der Waals surface area contributed by atoms with E-state index >= 15 is 0 Å². The summed E-state index contributed by atoms with van der Waals surface area (Å²) in [7, 11) is 1.13. The predicted molar refractivity (Wildman–Crippen MR) is 80.2 cm³/mol. The molecule has 5 nitrogen and oxygen atoms in total. The lowest BCUT2D eigenvalue weighted by atomic mass is 10.2. The Kier molecular flexibility index (Phi) is 4.74. The minimum absolute atomic E-state index is 0.260. The Labute approximate surface area is 117 Å². The van der Waals surface area contributed by atoms with E-state index < -0.39 is 10.8 Å². The van der Waals surface area contributed by atoms with Gasteiger partial charge in [-0.1, -0.05) is 0 Å². The fraction of sp³-hybridized carbons (Fsp3) is 0.692. The maximum Gasteiger partial charge on any atom is 0.136 e. The smallest absolute Gasteiger partial charge is 0.136 e. The highest BCUT2D eigenvalue weighted by molar-refractivity contribution is 7.84. The molecular weight excluding hydrogens is 260 g/mol. The van der Waals surface area contributed by atoms with Gasteiger partial charge in [0.15, 0.2) is 0 Å². The van der Waals surface area contributed by atoms with Gasteiger partial charge in [-0.2, -0.15) is 0 Å². The van der Waals surface area contributed by atoms with Gasteiger partial charge in [0.1, 0.15) is 17.5 Å². The van der Waals surface area contributed by atoms with Gasteiger partial charge >= 0.3 is 0 Å². The number of hydrogen-bond donors (Lipinski definition) is 2. The number of nitrogens with one attached hydrogen (secondary N) is 2. The molecule has 0 bridgehead atoms. The zero-order valence-electron chi connectivity index (χ0n) is 11.8. The van der Waals surface area contributed by atoms with Crippen LogP contribution in [0, 0.1) is 0 Å². The first-order chi connectivity index (χ1) is 9.08. The lowest BCUT2D eigenvalue weighted by Crippen LogP contribution is -2.19. The first kappa shape index (κ1) is 14.2. The summed E-state index contributed by atoms with van der Waals surface area (Å²) in [6.45, 7) is 2.09. The van der Waals surface area contributed by atoms with Crippen LogP contribution < -0.4 is 10.6 Å². The highest BCUT2D eigenvalue weighted by atomic mass is 32.2. The van der Waals surface area contributed by atoms with Crippen LogP contribution in [-0.4, -0.2) is 39.3 Å². The average Bonchev–Trinajstić information content (AvgIpc) is 3.20. The molecule has 6 heteroatoms. The van der Waals surface area contributed by atoms with Gasteiger partial charge in [0, 0.05) is 47.9 Å². The second kappa shape index (κ2) is 6.32. The summed E-state index contributed by atoms with van der Waals surface area (Å²) in [4.78, 5) is 9.06. The molecule has 0 radical (unpaired) electrons. The summed E-state index contributed by atoms with van der Waals surface area (Å²) < 4.78 is 11.1. The van der Waals surface area contributed by atoms with E-state index in [-0.39, 0.29) is 6.04 Å². The van der Waals surface area contributed by atoms with Crippen LogP contribution in [-0.2, 0) is 10.8 Å². The Morgan fingerprint density at radius 2 is 2.11 bits per heavy atom. The predicted octanol–water partition coefficient (Wildman–Crippen LogP) is 1.96. The van der Waals surface area contributed by atoms with Crippen LogP contribution in [0.4, 0.5) is 11.6 Å². The third-order valence-corrected chi connectivity index (χ3v) is 3.99. The Balaban J connectivity index is 2.02. The molecule has 0 spiro atoms. The highest BCUT2D eigenvalue weighted by Crippen LogP contribution is 2.38. The van der Waals surface area contributed by atoms with E-state index in [1.54, 1.807) is 6.26 Å². The first-order valence-electron chi connectivity index (χ1n) is 6.71. The fourth-order valence-electron chi connectivity index (χ4n) is 1.86. The molecule has 2 atom stereocenters. The highest BCUT2D eigenvalue weighted by Gasteiger charge is 2.27. The summed E-state index contributed by atoms with van der Waals surface area (Å²) in [5.74, 6) is 3.89. The van der Waals surface area contributed by atoms with Crippen LogP contribution >= 0.6 is 0 Å². The zero-order valence-corrected chi connectivity index (χ0v) is 12.6. The standard InChI is InChI=1S/C13H22N4OS/c1-9(6-7-19(3)18)15-12-8-11(14-2)16-13(17-12)10-4-5-10/h8-10H,4-7H2,1-3H3,(H2,14,15,16,17). The number of rotatable bonds is 7. The monoisotopic (exact) mass is 282 g/mol. The van der Waals surface area contributed by atoms with E-state index in [1.165, 1.54) is 12.8 Å².